The van der Waals surface area contributed by atoms with E-state index >= 15 is 0 Å². The number of nitrogens with zero attached hydrogens (tertiary/aromatic N) is 1. The van der Waals surface area contributed by atoms with E-state index in [9.17, 15) is 0 Å². The molecule has 1 unspecified atom stereocenters. The summed E-state index contributed by atoms with van der Waals surface area (Å²) in [4.78, 5) is 7.47. The summed E-state index contributed by atoms with van der Waals surface area (Å²) >= 11 is 0. The fourth-order valence-corrected chi connectivity index (χ4v) is 2.54. The van der Waals surface area contributed by atoms with Gasteiger partial charge in [-0.25, -0.2) is 4.98 Å². The van der Waals surface area contributed by atoms with Gasteiger partial charge in [0.05, 0.1) is 6.61 Å². The van der Waals surface area contributed by atoms with Crippen molar-refractivity contribution in [3.63, 3.8) is 0 Å². The summed E-state index contributed by atoms with van der Waals surface area (Å²) in [7, 11) is 1.76. The monoisotopic (exact) mass is 261 g/mol. The van der Waals surface area contributed by atoms with Gasteiger partial charge in [0.2, 0.25) is 0 Å². The lowest BCUT2D eigenvalue weighted by Crippen LogP contribution is -2.42. The van der Waals surface area contributed by atoms with E-state index in [1.165, 1.54) is 10.9 Å². The van der Waals surface area contributed by atoms with Crippen LogP contribution in [0, 0.1) is 0 Å². The van der Waals surface area contributed by atoms with Crippen LogP contribution in [0.2, 0.25) is 0 Å². The van der Waals surface area contributed by atoms with Crippen LogP contribution in [-0.2, 0) is 16.0 Å². The van der Waals surface area contributed by atoms with Crippen molar-refractivity contribution >= 4 is 11.0 Å². The Morgan fingerprint density at radius 1 is 1.58 bits per heavy atom. The maximum Gasteiger partial charge on any atom is 0.137 e. The highest BCUT2D eigenvalue weighted by Gasteiger charge is 2.34. The number of pyridine rings is 1. The van der Waals surface area contributed by atoms with Crippen LogP contribution in [0.3, 0.4) is 0 Å². The molecule has 0 spiro atoms. The molecule has 0 radical (unpaired) electrons. The normalized spacial score (nSPS) is 23.2. The first kappa shape index (κ1) is 12.6. The van der Waals surface area contributed by atoms with Crippen LogP contribution in [0.25, 0.3) is 11.0 Å². The molecule has 2 aromatic heterocycles. The summed E-state index contributed by atoms with van der Waals surface area (Å²) in [5, 5.41) is 4.63. The van der Waals surface area contributed by atoms with E-state index in [2.05, 4.69) is 21.4 Å². The molecule has 1 aliphatic rings. The molecule has 2 N–H and O–H groups in total. The van der Waals surface area contributed by atoms with E-state index in [-0.39, 0.29) is 5.60 Å². The molecule has 102 valence electrons. The topological polar surface area (TPSA) is 59.2 Å². The molecule has 0 aliphatic carbocycles. The van der Waals surface area contributed by atoms with Crippen molar-refractivity contribution in [1.29, 1.82) is 0 Å². The summed E-state index contributed by atoms with van der Waals surface area (Å²) in [6.45, 7) is 3.06. The van der Waals surface area contributed by atoms with Crippen molar-refractivity contribution in [1.82, 2.24) is 15.3 Å². The summed E-state index contributed by atoms with van der Waals surface area (Å²) < 4.78 is 11.0. The molecular weight excluding hydrogens is 242 g/mol. The van der Waals surface area contributed by atoms with Gasteiger partial charge in [0.15, 0.2) is 0 Å². The highest BCUT2D eigenvalue weighted by molar-refractivity contribution is 5.79. The quantitative estimate of drug-likeness (QED) is 0.855. The third-order valence-corrected chi connectivity index (χ3v) is 3.80. The number of H-pyrrole nitrogens is 1. The number of methoxy groups -OCH3 is 1. The Kier molecular flexibility index (Phi) is 3.50. The van der Waals surface area contributed by atoms with E-state index < -0.39 is 0 Å². The number of fused-ring (bicyclic) bond motifs is 1. The molecule has 5 nitrogen and oxygen atoms in total. The number of aromatic nitrogens is 2. The van der Waals surface area contributed by atoms with E-state index in [1.54, 1.807) is 13.3 Å². The Morgan fingerprint density at radius 2 is 2.53 bits per heavy atom. The Hall–Kier alpha value is -1.43. The van der Waals surface area contributed by atoms with Crippen LogP contribution in [0.4, 0.5) is 0 Å². The van der Waals surface area contributed by atoms with E-state index in [1.807, 2.05) is 12.3 Å². The van der Waals surface area contributed by atoms with Gasteiger partial charge in [-0.15, -0.1) is 0 Å². The van der Waals surface area contributed by atoms with Gasteiger partial charge in [0, 0.05) is 51.0 Å². The molecule has 0 bridgehead atoms. The lowest BCUT2D eigenvalue weighted by atomic mass is 10.0. The van der Waals surface area contributed by atoms with Crippen LogP contribution in [0.1, 0.15) is 12.0 Å². The zero-order valence-corrected chi connectivity index (χ0v) is 11.1. The zero-order chi connectivity index (χ0) is 13.1. The van der Waals surface area contributed by atoms with E-state index in [0.717, 1.165) is 31.8 Å². The summed E-state index contributed by atoms with van der Waals surface area (Å²) in [6.07, 6.45) is 4.76. The average Bonchev–Trinajstić information content (AvgIpc) is 3.07. The van der Waals surface area contributed by atoms with E-state index in [0.29, 0.717) is 6.61 Å². The second kappa shape index (κ2) is 5.28. The third-order valence-electron chi connectivity index (χ3n) is 3.80. The highest BCUT2D eigenvalue weighted by Crippen LogP contribution is 2.22. The van der Waals surface area contributed by atoms with Gasteiger partial charge in [-0.2, -0.15) is 0 Å². The molecule has 1 saturated heterocycles. The first-order chi connectivity index (χ1) is 9.33. The molecule has 1 aliphatic heterocycles. The minimum Gasteiger partial charge on any atom is -0.378 e. The van der Waals surface area contributed by atoms with Crippen LogP contribution < -0.4 is 5.32 Å². The van der Waals surface area contributed by atoms with Gasteiger partial charge in [0.25, 0.3) is 0 Å². The Bertz CT molecular complexity index is 546. The molecule has 1 atom stereocenters. The molecule has 0 amide bonds. The van der Waals surface area contributed by atoms with Gasteiger partial charge in [0.1, 0.15) is 11.2 Å². The van der Waals surface area contributed by atoms with Crippen molar-refractivity contribution < 1.29 is 9.47 Å². The van der Waals surface area contributed by atoms with E-state index in [4.69, 9.17) is 9.47 Å². The third kappa shape index (κ3) is 2.49. The van der Waals surface area contributed by atoms with Gasteiger partial charge in [-0.05, 0) is 17.7 Å². The lowest BCUT2D eigenvalue weighted by Gasteiger charge is -2.25. The maximum atomic E-state index is 5.60. The van der Waals surface area contributed by atoms with Crippen LogP contribution >= 0.6 is 0 Å². The standard InChI is InChI=1S/C14H19N3O2/c1-18-14(4-6-19-10-14)9-15-7-11-8-17-13-12(11)3-2-5-16-13/h2-3,5,8,15H,4,6-7,9-10H2,1H3,(H,16,17). The Balaban J connectivity index is 1.63. The van der Waals surface area contributed by atoms with Gasteiger partial charge in [-0.3, -0.25) is 0 Å². The maximum absolute atomic E-state index is 5.60. The first-order valence-corrected chi connectivity index (χ1v) is 6.58. The number of hydrogen-bond donors (Lipinski definition) is 2. The van der Waals surface area contributed by atoms with Crippen LogP contribution in [0.15, 0.2) is 24.5 Å². The summed E-state index contributed by atoms with van der Waals surface area (Å²) in [5.74, 6) is 0. The number of rotatable bonds is 5. The van der Waals surface area contributed by atoms with Crippen molar-refractivity contribution in [2.24, 2.45) is 0 Å². The van der Waals surface area contributed by atoms with Crippen molar-refractivity contribution in [2.45, 2.75) is 18.6 Å². The van der Waals surface area contributed by atoms with Crippen molar-refractivity contribution in [2.75, 3.05) is 26.9 Å². The SMILES string of the molecule is COC1(CNCc2c[nH]c3ncccc23)CCOC1. The number of hydrogen-bond acceptors (Lipinski definition) is 4. The Labute approximate surface area is 112 Å². The Morgan fingerprint density at radius 3 is 3.32 bits per heavy atom. The minimum atomic E-state index is -0.162. The van der Waals surface area contributed by atoms with Crippen molar-refractivity contribution in [3.05, 3.63) is 30.1 Å². The first-order valence-electron chi connectivity index (χ1n) is 6.58. The molecule has 1 fully saturated rings. The summed E-state index contributed by atoms with van der Waals surface area (Å²) in [6, 6.07) is 4.04. The molecule has 19 heavy (non-hydrogen) atoms. The molecule has 2 aromatic rings. The fourth-order valence-electron chi connectivity index (χ4n) is 2.54. The van der Waals surface area contributed by atoms with Gasteiger partial charge >= 0.3 is 0 Å². The minimum absolute atomic E-state index is 0.162. The molecule has 3 rings (SSSR count). The highest BCUT2D eigenvalue weighted by atomic mass is 16.5. The smallest absolute Gasteiger partial charge is 0.137 e. The van der Waals surface area contributed by atoms with Crippen molar-refractivity contribution in [3.8, 4) is 0 Å². The second-order valence-electron chi connectivity index (χ2n) is 5.01. The van der Waals surface area contributed by atoms with Crippen LogP contribution in [0.5, 0.6) is 0 Å². The molecular formula is C14H19N3O2. The zero-order valence-electron chi connectivity index (χ0n) is 11.1. The van der Waals surface area contributed by atoms with Gasteiger partial charge < -0.3 is 19.8 Å². The molecule has 3 heterocycles. The van der Waals surface area contributed by atoms with Crippen LogP contribution in [-0.4, -0.2) is 42.4 Å². The predicted octanol–water partition coefficient (Wildman–Crippen LogP) is 1.46. The summed E-state index contributed by atoms with van der Waals surface area (Å²) in [5.41, 5.74) is 2.00. The second-order valence-corrected chi connectivity index (χ2v) is 5.01. The number of aromatic amines is 1. The number of nitrogens with one attached hydrogen (secondary N) is 2. The fraction of sp³-hybridized carbons (Fsp3) is 0.500. The van der Waals surface area contributed by atoms with Gasteiger partial charge in [-0.1, -0.05) is 0 Å². The molecule has 0 saturated carbocycles. The molecule has 0 aromatic carbocycles. The largest absolute Gasteiger partial charge is 0.378 e. The predicted molar refractivity (Wildman–Crippen MR) is 73.0 cm³/mol. The lowest BCUT2D eigenvalue weighted by molar-refractivity contribution is -0.0159. The number of ether oxygens (including phenoxy) is 2. The molecule has 5 heteroatoms. The average molecular weight is 261 g/mol.